The van der Waals surface area contributed by atoms with Gasteiger partial charge in [0.2, 0.25) is 11.7 Å². The predicted molar refractivity (Wildman–Crippen MR) is 171 cm³/mol. The largest absolute Gasteiger partial charge is 0.384 e. The molecule has 1 aliphatic heterocycles. The van der Waals surface area contributed by atoms with Crippen molar-refractivity contribution in [3.8, 4) is 0 Å². The Kier molecular flexibility index (Phi) is 9.89. The summed E-state index contributed by atoms with van der Waals surface area (Å²) in [5, 5.41) is 22.8. The first-order valence-electron chi connectivity index (χ1n) is 15.9. The van der Waals surface area contributed by atoms with E-state index in [4.69, 9.17) is 5.73 Å². The van der Waals surface area contributed by atoms with Gasteiger partial charge in [-0.05, 0) is 44.6 Å². The lowest BCUT2D eigenvalue weighted by Crippen LogP contribution is -2.52. The Morgan fingerprint density at radius 1 is 1.11 bits per heavy atom. The summed E-state index contributed by atoms with van der Waals surface area (Å²) in [7, 11) is 0. The van der Waals surface area contributed by atoms with E-state index in [1.54, 1.807) is 32.0 Å². The zero-order chi connectivity index (χ0) is 33.9. The van der Waals surface area contributed by atoms with Gasteiger partial charge in [0.1, 0.15) is 23.0 Å². The molecule has 1 unspecified atom stereocenters. The van der Waals surface area contributed by atoms with Gasteiger partial charge in [-0.25, -0.2) is 9.67 Å². The monoisotopic (exact) mass is 644 g/mol. The van der Waals surface area contributed by atoms with Crippen LogP contribution in [0.4, 0.5) is 0 Å². The van der Waals surface area contributed by atoms with Gasteiger partial charge in [-0.3, -0.25) is 29.0 Å². The predicted octanol–water partition coefficient (Wildman–Crippen LogP) is 2.01. The normalized spacial score (nSPS) is 19.8. The number of benzene rings is 1. The molecule has 1 saturated heterocycles. The highest BCUT2D eigenvalue weighted by Crippen LogP contribution is 2.33. The first kappa shape index (κ1) is 33.5. The van der Waals surface area contributed by atoms with Crippen LogP contribution < -0.4 is 11.1 Å². The van der Waals surface area contributed by atoms with E-state index in [0.29, 0.717) is 11.1 Å². The Bertz CT molecular complexity index is 1720. The molecule has 3 atom stereocenters. The minimum atomic E-state index is -1.33. The number of rotatable bonds is 10. The fraction of sp³-hybridized carbons (Fsp3) is 0.485. The van der Waals surface area contributed by atoms with Gasteiger partial charge in [-0.2, -0.15) is 0 Å². The smallest absolute Gasteiger partial charge is 0.296 e. The molecule has 248 valence electrons. The van der Waals surface area contributed by atoms with Crippen LogP contribution in [0.15, 0.2) is 47.7 Å². The van der Waals surface area contributed by atoms with Gasteiger partial charge in [0.05, 0.1) is 24.0 Å². The van der Waals surface area contributed by atoms with Crippen molar-refractivity contribution in [2.24, 2.45) is 16.6 Å². The number of Topliss-reactive ketones (excluding diaryl/α,β-unsaturated/α-hetero) is 1. The van der Waals surface area contributed by atoms with Crippen LogP contribution in [0, 0.1) is 5.92 Å². The van der Waals surface area contributed by atoms with Gasteiger partial charge in [0.25, 0.3) is 17.7 Å². The van der Waals surface area contributed by atoms with E-state index in [9.17, 15) is 29.1 Å². The number of hydrogen-bond acceptors (Lipinski definition) is 9. The maximum atomic E-state index is 14.5. The molecule has 47 heavy (non-hydrogen) atoms. The lowest BCUT2D eigenvalue weighted by Gasteiger charge is -2.27. The number of nitrogens with zero attached hydrogens (tertiary/aromatic N) is 6. The molecule has 1 saturated carbocycles. The molecule has 1 aliphatic carbocycles. The van der Waals surface area contributed by atoms with Gasteiger partial charge in [0.15, 0.2) is 0 Å². The van der Waals surface area contributed by atoms with Crippen LogP contribution in [-0.2, 0) is 24.8 Å². The number of carbonyl (C=O) groups excluding carboxylic acids is 5. The molecule has 0 spiro atoms. The summed E-state index contributed by atoms with van der Waals surface area (Å²) in [6.45, 7) is 4.46. The fourth-order valence-corrected chi connectivity index (χ4v) is 6.48. The van der Waals surface area contributed by atoms with Gasteiger partial charge < -0.3 is 21.1 Å². The quantitative estimate of drug-likeness (QED) is 0.218. The fourth-order valence-electron chi connectivity index (χ4n) is 6.48. The molecule has 2 aromatic heterocycles. The second kappa shape index (κ2) is 13.9. The molecule has 3 heterocycles. The number of nitrogens with one attached hydrogen (secondary N) is 1. The SMILES string of the molecule is CC(NC(=O)[C@@H]1C[C@H](n2nncc2C(C)(C)O)CN1C(=O)/C(CC1CCCCC1)=N/C(=O)c1nccc2ccccc12)C(=O)C(N)=O. The third-order valence-corrected chi connectivity index (χ3v) is 8.95. The Hall–Kier alpha value is -4.85. The number of aromatic nitrogens is 4. The van der Waals surface area contributed by atoms with Crippen LogP contribution in [0.5, 0.6) is 0 Å². The number of pyridine rings is 1. The highest BCUT2D eigenvalue weighted by atomic mass is 16.3. The highest BCUT2D eigenvalue weighted by Gasteiger charge is 2.44. The van der Waals surface area contributed by atoms with Gasteiger partial charge in [-0.15, -0.1) is 5.10 Å². The zero-order valence-electron chi connectivity index (χ0n) is 26.8. The molecule has 4 amide bonds. The molecule has 14 heteroatoms. The van der Waals surface area contributed by atoms with Crippen LogP contribution in [0.25, 0.3) is 10.8 Å². The molecular formula is C33H40N8O6. The van der Waals surface area contributed by atoms with Crippen molar-refractivity contribution >= 4 is 45.9 Å². The summed E-state index contributed by atoms with van der Waals surface area (Å²) in [5.41, 5.74) is 4.32. The van der Waals surface area contributed by atoms with Crippen LogP contribution in [0.3, 0.4) is 0 Å². The molecule has 5 rings (SSSR count). The summed E-state index contributed by atoms with van der Waals surface area (Å²) in [5.74, 6) is -4.03. The number of hydrogen-bond donors (Lipinski definition) is 3. The zero-order valence-corrected chi connectivity index (χ0v) is 26.8. The van der Waals surface area contributed by atoms with Crippen LogP contribution >= 0.6 is 0 Å². The molecule has 2 aliphatic rings. The number of carbonyl (C=O) groups is 5. The number of ketones is 1. The van der Waals surface area contributed by atoms with E-state index < -0.39 is 53.1 Å². The van der Waals surface area contributed by atoms with E-state index in [1.807, 2.05) is 12.1 Å². The molecule has 3 aromatic rings. The van der Waals surface area contributed by atoms with Crippen molar-refractivity contribution in [2.75, 3.05) is 6.54 Å². The minimum Gasteiger partial charge on any atom is -0.384 e. The second-order valence-corrected chi connectivity index (χ2v) is 12.9. The molecule has 4 N–H and O–H groups in total. The first-order valence-corrected chi connectivity index (χ1v) is 15.9. The van der Waals surface area contributed by atoms with E-state index in [0.717, 1.165) is 37.5 Å². The van der Waals surface area contributed by atoms with Crippen molar-refractivity contribution < 1.29 is 29.1 Å². The number of fused-ring (bicyclic) bond motifs is 1. The topological polar surface area (TPSA) is 203 Å². The Labute approximate surface area is 271 Å². The summed E-state index contributed by atoms with van der Waals surface area (Å²) < 4.78 is 1.48. The van der Waals surface area contributed by atoms with E-state index in [-0.39, 0.29) is 36.7 Å². The Morgan fingerprint density at radius 3 is 2.53 bits per heavy atom. The summed E-state index contributed by atoms with van der Waals surface area (Å²) >= 11 is 0. The maximum Gasteiger partial charge on any atom is 0.296 e. The van der Waals surface area contributed by atoms with Crippen LogP contribution in [-0.4, -0.2) is 83.7 Å². The highest BCUT2D eigenvalue weighted by molar-refractivity contribution is 6.41. The van der Waals surface area contributed by atoms with Crippen molar-refractivity contribution in [2.45, 2.75) is 89.4 Å². The number of aliphatic hydroxyl groups is 1. The van der Waals surface area contributed by atoms with Crippen molar-refractivity contribution in [3.63, 3.8) is 0 Å². The number of primary amides is 1. The number of nitrogens with two attached hydrogens (primary N) is 1. The average molecular weight is 645 g/mol. The average Bonchev–Trinajstić information content (AvgIpc) is 3.72. The van der Waals surface area contributed by atoms with E-state index in [1.165, 1.54) is 28.9 Å². The third-order valence-electron chi connectivity index (χ3n) is 8.95. The number of amides is 4. The lowest BCUT2D eigenvalue weighted by atomic mass is 9.85. The number of likely N-dealkylation sites (tertiary alicyclic amines) is 1. The van der Waals surface area contributed by atoms with Crippen molar-refractivity contribution in [3.05, 3.63) is 54.1 Å². The van der Waals surface area contributed by atoms with E-state index in [2.05, 4.69) is 25.6 Å². The third kappa shape index (κ3) is 7.43. The molecular weight excluding hydrogens is 604 g/mol. The Morgan fingerprint density at radius 2 is 1.83 bits per heavy atom. The number of aliphatic imine (C=N–C) groups is 1. The molecule has 0 bridgehead atoms. The molecule has 14 nitrogen and oxygen atoms in total. The molecule has 1 aromatic carbocycles. The van der Waals surface area contributed by atoms with Gasteiger partial charge in [-0.1, -0.05) is 61.6 Å². The Balaban J connectivity index is 1.52. The summed E-state index contributed by atoms with van der Waals surface area (Å²) in [4.78, 5) is 75.6. The van der Waals surface area contributed by atoms with Crippen LogP contribution in [0.2, 0.25) is 0 Å². The maximum absolute atomic E-state index is 14.5. The van der Waals surface area contributed by atoms with Crippen LogP contribution in [0.1, 0.15) is 87.9 Å². The summed E-state index contributed by atoms with van der Waals surface area (Å²) in [6, 6.07) is 6.10. The minimum absolute atomic E-state index is 0.0117. The molecule has 0 radical (unpaired) electrons. The lowest BCUT2D eigenvalue weighted by molar-refractivity contribution is -0.139. The van der Waals surface area contributed by atoms with Crippen molar-refractivity contribution in [1.29, 1.82) is 0 Å². The standard InChI is InChI=1S/C33H40N8O6/c1-19(28(42)29(34)43)37-30(44)25-16-22(41-26(17-36-39-41)33(2,3)47)18-40(25)32(46)24(15-20-9-5-4-6-10-20)38-31(45)27-23-12-8-7-11-21(23)13-14-35-27/h7-8,11-14,17,19-20,22,25,47H,4-6,9-10,15-16,18H2,1-3H3,(H2,34,43)(H,37,44)/b38-24+/t19?,22-,25-/m0/s1. The summed E-state index contributed by atoms with van der Waals surface area (Å²) in [6.07, 6.45) is 8.07. The van der Waals surface area contributed by atoms with Gasteiger partial charge in [0, 0.05) is 24.5 Å². The molecule has 2 fully saturated rings. The first-order chi connectivity index (χ1) is 22.3. The van der Waals surface area contributed by atoms with Gasteiger partial charge >= 0.3 is 0 Å². The second-order valence-electron chi connectivity index (χ2n) is 12.9. The van der Waals surface area contributed by atoms with Crippen molar-refractivity contribution in [1.82, 2.24) is 30.2 Å². The van der Waals surface area contributed by atoms with E-state index >= 15 is 0 Å².